The molecule has 2 amide bonds. The number of nitrogens with one attached hydrogen (secondary N) is 1. The summed E-state index contributed by atoms with van der Waals surface area (Å²) < 4.78 is 44.3. The van der Waals surface area contributed by atoms with Crippen LogP contribution in [-0.4, -0.2) is 42.1 Å². The quantitative estimate of drug-likeness (QED) is 0.526. The van der Waals surface area contributed by atoms with Crippen molar-refractivity contribution >= 4 is 12.0 Å². The van der Waals surface area contributed by atoms with Gasteiger partial charge in [-0.2, -0.15) is 13.2 Å². The first-order valence-electron chi connectivity index (χ1n) is 9.76. The third kappa shape index (κ3) is 8.19. The third-order valence-electron chi connectivity index (χ3n) is 4.63. The van der Waals surface area contributed by atoms with Crippen LogP contribution in [0.3, 0.4) is 0 Å². The molecule has 1 unspecified atom stereocenters. The maximum absolute atomic E-state index is 12.8. The molecule has 0 heterocycles. The molecule has 2 rings (SSSR count). The van der Waals surface area contributed by atoms with Crippen LogP contribution in [0.5, 0.6) is 5.75 Å². The van der Waals surface area contributed by atoms with Gasteiger partial charge in [0.05, 0.1) is 5.56 Å². The van der Waals surface area contributed by atoms with Crippen LogP contribution < -0.4 is 10.1 Å². The Morgan fingerprint density at radius 3 is 2.32 bits per heavy atom. The summed E-state index contributed by atoms with van der Waals surface area (Å²) in [6, 6.07) is 13.7. The van der Waals surface area contributed by atoms with E-state index in [-0.39, 0.29) is 18.9 Å². The van der Waals surface area contributed by atoms with Crippen molar-refractivity contribution in [2.75, 3.05) is 20.1 Å². The Morgan fingerprint density at radius 2 is 1.74 bits per heavy atom. The molecule has 0 spiro atoms. The fourth-order valence-electron chi connectivity index (χ4n) is 2.91. The summed E-state index contributed by atoms with van der Waals surface area (Å²) in [7, 11) is 1.65. The Bertz CT molecular complexity index is 842. The molecule has 0 radical (unpaired) electrons. The summed E-state index contributed by atoms with van der Waals surface area (Å²) in [6.45, 7) is 0.559. The molecule has 6 nitrogen and oxygen atoms in total. The summed E-state index contributed by atoms with van der Waals surface area (Å²) >= 11 is 0. The van der Waals surface area contributed by atoms with Crippen LogP contribution in [0.1, 0.15) is 36.5 Å². The summed E-state index contributed by atoms with van der Waals surface area (Å²) in [5.41, 5.74) is 0.0905. The molecule has 0 saturated heterocycles. The molecule has 0 fully saturated rings. The molecule has 168 valence electrons. The minimum Gasteiger partial charge on any atom is -0.486 e. The summed E-state index contributed by atoms with van der Waals surface area (Å²) in [4.78, 5) is 24.2. The molecule has 31 heavy (non-hydrogen) atoms. The van der Waals surface area contributed by atoms with Gasteiger partial charge in [-0.3, -0.25) is 4.79 Å². The van der Waals surface area contributed by atoms with Crippen molar-refractivity contribution in [3.05, 3.63) is 65.7 Å². The highest BCUT2D eigenvalue weighted by molar-refractivity contribution is 5.75. The van der Waals surface area contributed by atoms with Crippen molar-refractivity contribution in [1.29, 1.82) is 0 Å². The fraction of sp³-hybridized carbons (Fsp3) is 0.364. The molecule has 0 aliphatic carbocycles. The van der Waals surface area contributed by atoms with Crippen molar-refractivity contribution in [2.24, 2.45) is 0 Å². The van der Waals surface area contributed by atoms with Crippen LogP contribution >= 0.6 is 0 Å². The van der Waals surface area contributed by atoms with E-state index in [2.05, 4.69) is 5.32 Å². The highest BCUT2D eigenvalue weighted by Gasteiger charge is 2.30. The summed E-state index contributed by atoms with van der Waals surface area (Å²) in [5.74, 6) is 0.170. The summed E-state index contributed by atoms with van der Waals surface area (Å²) in [5, 5.41) is 10.7. The number of nitrogens with zero attached hydrogens (tertiary/aromatic N) is 1. The van der Waals surface area contributed by atoms with Gasteiger partial charge in [-0.15, -0.1) is 0 Å². The molecule has 2 aromatic carbocycles. The molecule has 2 N–H and O–H groups in total. The third-order valence-corrected chi connectivity index (χ3v) is 4.63. The Hall–Kier alpha value is -3.23. The molecule has 1 atom stereocenters. The lowest BCUT2D eigenvalue weighted by atomic mass is 10.1. The van der Waals surface area contributed by atoms with Gasteiger partial charge >= 0.3 is 12.3 Å². The van der Waals surface area contributed by atoms with Crippen molar-refractivity contribution in [2.45, 2.75) is 31.5 Å². The lowest BCUT2D eigenvalue weighted by molar-refractivity contribution is -0.137. The van der Waals surface area contributed by atoms with E-state index in [1.165, 1.54) is 17.0 Å². The predicted molar refractivity (Wildman–Crippen MR) is 109 cm³/mol. The Balaban J connectivity index is 1.98. The van der Waals surface area contributed by atoms with Crippen LogP contribution in [0.25, 0.3) is 0 Å². The van der Waals surface area contributed by atoms with Crippen LogP contribution in [0.4, 0.5) is 18.0 Å². The monoisotopic (exact) mass is 438 g/mol. The van der Waals surface area contributed by atoms with Gasteiger partial charge in [0.25, 0.3) is 0 Å². The number of alkyl halides is 3. The Morgan fingerprint density at radius 1 is 1.10 bits per heavy atom. The lowest BCUT2D eigenvalue weighted by Crippen LogP contribution is -2.30. The van der Waals surface area contributed by atoms with Gasteiger partial charge in [0.1, 0.15) is 11.9 Å². The van der Waals surface area contributed by atoms with Crippen molar-refractivity contribution < 1.29 is 32.6 Å². The van der Waals surface area contributed by atoms with E-state index in [1.807, 2.05) is 30.3 Å². The zero-order chi connectivity index (χ0) is 22.9. The maximum atomic E-state index is 12.8. The van der Waals surface area contributed by atoms with E-state index >= 15 is 0 Å². The first kappa shape index (κ1) is 24.0. The molecule has 9 heteroatoms. The molecule has 0 saturated carbocycles. The van der Waals surface area contributed by atoms with Crippen molar-refractivity contribution in [3.8, 4) is 5.75 Å². The zero-order valence-corrected chi connectivity index (χ0v) is 17.1. The van der Waals surface area contributed by atoms with Crippen molar-refractivity contribution in [1.82, 2.24) is 10.2 Å². The van der Waals surface area contributed by atoms with E-state index in [0.717, 1.165) is 17.7 Å². The smallest absolute Gasteiger partial charge is 0.416 e. The van der Waals surface area contributed by atoms with E-state index in [9.17, 15) is 22.8 Å². The largest absolute Gasteiger partial charge is 0.486 e. The van der Waals surface area contributed by atoms with Gasteiger partial charge < -0.3 is 20.1 Å². The van der Waals surface area contributed by atoms with Gasteiger partial charge in [0.2, 0.25) is 5.91 Å². The zero-order valence-electron chi connectivity index (χ0n) is 17.1. The summed E-state index contributed by atoms with van der Waals surface area (Å²) in [6.07, 6.45) is -4.98. The Kier molecular flexibility index (Phi) is 8.72. The fourth-order valence-corrected chi connectivity index (χ4v) is 2.91. The SMILES string of the molecule is CN(CCC(Oc1ccc(C(F)(F)F)cc1)c1ccccc1)C(=O)CCCNC(=O)O. The van der Waals surface area contributed by atoms with E-state index in [0.29, 0.717) is 25.1 Å². The topological polar surface area (TPSA) is 78.9 Å². The number of halogens is 3. The number of hydrogen-bond donors (Lipinski definition) is 2. The number of rotatable bonds is 10. The second-order valence-corrected chi connectivity index (χ2v) is 6.98. The molecular formula is C22H25F3N2O4. The average Bonchev–Trinajstić information content (AvgIpc) is 2.74. The molecule has 0 bridgehead atoms. The molecule has 0 aromatic heterocycles. The first-order chi connectivity index (χ1) is 14.7. The number of amides is 2. The van der Waals surface area contributed by atoms with E-state index in [4.69, 9.17) is 9.84 Å². The lowest BCUT2D eigenvalue weighted by Gasteiger charge is -2.24. The number of benzene rings is 2. The van der Waals surface area contributed by atoms with Crippen molar-refractivity contribution in [3.63, 3.8) is 0 Å². The second kappa shape index (κ2) is 11.2. The highest BCUT2D eigenvalue weighted by atomic mass is 19.4. The van der Waals surface area contributed by atoms with Crippen LogP contribution in [0.2, 0.25) is 0 Å². The standard InChI is InChI=1S/C22H25F3N2O4/c1-27(20(28)8-5-14-26-21(29)30)15-13-19(16-6-3-2-4-7-16)31-18-11-9-17(10-12-18)22(23,24)25/h2-4,6-7,9-12,19,26H,5,8,13-15H2,1H3,(H,29,30). The minimum atomic E-state index is -4.42. The van der Waals surface area contributed by atoms with Gasteiger partial charge in [-0.25, -0.2) is 4.79 Å². The number of carboxylic acid groups (broad SMARTS) is 1. The number of carbonyl (C=O) groups is 2. The van der Waals surface area contributed by atoms with Crippen LogP contribution in [0, 0.1) is 0 Å². The van der Waals surface area contributed by atoms with E-state index < -0.39 is 23.9 Å². The minimum absolute atomic E-state index is 0.131. The molecular weight excluding hydrogens is 413 g/mol. The number of ether oxygens (including phenoxy) is 1. The molecule has 0 aliphatic rings. The van der Waals surface area contributed by atoms with E-state index in [1.54, 1.807) is 7.05 Å². The Labute approximate surface area is 178 Å². The second-order valence-electron chi connectivity index (χ2n) is 6.98. The van der Waals surface area contributed by atoms with Gasteiger partial charge in [-0.05, 0) is 36.2 Å². The highest BCUT2D eigenvalue weighted by Crippen LogP contribution is 2.32. The van der Waals surface area contributed by atoms with Gasteiger partial charge in [0, 0.05) is 33.0 Å². The van der Waals surface area contributed by atoms with Crippen LogP contribution in [0.15, 0.2) is 54.6 Å². The normalized spacial score (nSPS) is 12.1. The van der Waals surface area contributed by atoms with Crippen LogP contribution in [-0.2, 0) is 11.0 Å². The molecule has 0 aliphatic heterocycles. The number of hydrogen-bond acceptors (Lipinski definition) is 3. The predicted octanol–water partition coefficient (Wildman–Crippen LogP) is 4.72. The molecule has 2 aromatic rings. The van der Waals surface area contributed by atoms with Gasteiger partial charge in [-0.1, -0.05) is 30.3 Å². The first-order valence-corrected chi connectivity index (χ1v) is 9.76. The maximum Gasteiger partial charge on any atom is 0.416 e. The average molecular weight is 438 g/mol. The van der Waals surface area contributed by atoms with Gasteiger partial charge in [0.15, 0.2) is 0 Å². The number of carbonyl (C=O) groups excluding carboxylic acids is 1.